The predicted molar refractivity (Wildman–Crippen MR) is 333 cm³/mol. The van der Waals surface area contributed by atoms with Gasteiger partial charge in [-0.3, -0.25) is 32.3 Å². The van der Waals surface area contributed by atoms with E-state index in [9.17, 15) is 42.6 Å². The number of rotatable bonds is 26. The Bertz CT molecular complexity index is 3610. The number of allylic oxidation sites excluding steroid dienone is 1. The molecule has 84 heavy (non-hydrogen) atoms. The lowest BCUT2D eigenvalue weighted by Gasteiger charge is -2.28. The first kappa shape index (κ1) is 65.5. The fourth-order valence-electron chi connectivity index (χ4n) is 10.6. The van der Waals surface area contributed by atoms with Gasteiger partial charge in [0.25, 0.3) is 0 Å². The molecule has 1 aliphatic carbocycles. The maximum atomic E-state index is 12.7. The van der Waals surface area contributed by atoms with E-state index in [-0.39, 0.29) is 16.4 Å². The number of nitrogens with zero attached hydrogens (tertiary/aromatic N) is 3. The number of carbonyl (C=O) groups is 2. The summed E-state index contributed by atoms with van der Waals surface area (Å²) < 4.78 is 38.0. The summed E-state index contributed by atoms with van der Waals surface area (Å²) in [5, 5.41) is 50.4. The van der Waals surface area contributed by atoms with Crippen LogP contribution in [-0.4, -0.2) is 96.1 Å². The van der Waals surface area contributed by atoms with E-state index >= 15 is 0 Å². The van der Waals surface area contributed by atoms with Crippen LogP contribution in [0.1, 0.15) is 86.8 Å². The molecule has 0 fully saturated rings. The van der Waals surface area contributed by atoms with Crippen LogP contribution in [0.5, 0.6) is 0 Å². The number of unbranched alkanes of at least 4 members (excludes halogenated alkanes) is 1. The fourth-order valence-corrected chi connectivity index (χ4v) is 10.6. The highest BCUT2D eigenvalue weighted by Crippen LogP contribution is 2.38. The zero-order valence-corrected chi connectivity index (χ0v) is 48.2. The molecule has 0 atom stereocenters. The van der Waals surface area contributed by atoms with Crippen LogP contribution >= 0.6 is 0 Å². The molecule has 8 rings (SSSR count). The minimum absolute atomic E-state index is 0. The van der Waals surface area contributed by atoms with Crippen LogP contribution in [0.4, 0.5) is 12.9 Å². The Balaban J connectivity index is 0.00000219. The molecule has 11 nitrogen and oxygen atoms in total. The second-order valence-electron chi connectivity index (χ2n) is 20.8. The Labute approximate surface area is 491 Å². The van der Waals surface area contributed by atoms with Crippen molar-refractivity contribution in [3.05, 3.63) is 209 Å². The molecule has 2 aliphatic rings. The van der Waals surface area contributed by atoms with Crippen molar-refractivity contribution in [2.45, 2.75) is 79.6 Å². The molecule has 0 saturated carbocycles. The summed E-state index contributed by atoms with van der Waals surface area (Å²) in [5.41, 5.74) is 9.62. The zero-order chi connectivity index (χ0) is 59.6. The van der Waals surface area contributed by atoms with Crippen molar-refractivity contribution in [3.8, 4) is 22.6 Å². The van der Waals surface area contributed by atoms with Crippen molar-refractivity contribution in [3.63, 3.8) is 0 Å². The van der Waals surface area contributed by atoms with Gasteiger partial charge in [0.2, 0.25) is 11.3 Å². The van der Waals surface area contributed by atoms with Crippen molar-refractivity contribution < 1.29 is 51.8 Å². The van der Waals surface area contributed by atoms with Gasteiger partial charge in [0.05, 0.1) is 6.07 Å². The van der Waals surface area contributed by atoms with Crippen LogP contribution in [0.3, 0.4) is 0 Å². The van der Waals surface area contributed by atoms with Gasteiger partial charge in [0, 0.05) is 68.5 Å². The van der Waals surface area contributed by atoms with Gasteiger partial charge in [-0.1, -0.05) is 141 Å². The molecule has 5 N–H and O–H groups in total. The van der Waals surface area contributed by atoms with Crippen molar-refractivity contribution in [1.29, 1.82) is 0 Å². The SMILES string of the molecule is C=C(C)C(=O)CCCCN(Cc1ccccc1B(O)O)Cc1c2ccccc2c(CN(CCCNC(=O)C(=C)C)Cc2ccccc2B(O)O)c2ccc(/C=C/c3cc(-c4ccccc4)oc4cc(=[N+](CC)CC)ccc3-4)cc12.FB(F)F.[F-]. The summed E-state index contributed by atoms with van der Waals surface area (Å²) in [6.07, 6.45) is 6.77. The standard InChI is InChI=1S/C66H72B2N4O7.BF3.FH/c1-7-72(8-2)53-33-35-54-50(40-64(79-65(54)41-53)49-21-10-9-11-22-49)32-30-48-31-34-57-58(39-48)60(45-70(37-19-18-29-63(73)46(3)4)42-51-23-12-16-27-61(51)67(75)76)56-26-15-14-25-55(56)59(57)44-71(38-20-36-69-66(74)47(5)6)43-52-24-13-17-28-62(52)68(77)78;2-1(3)4;/h9-17,21-28,30-35,39-41,75-78H,3,5,7-8,18-20,29,36-38,42-45H2,1-2,4,6H3;;1H/b32-30+;;. The number of nitrogens with one attached hydrogen (secondary N) is 1. The summed E-state index contributed by atoms with van der Waals surface area (Å²) in [5.74, 6) is 1.41. The summed E-state index contributed by atoms with van der Waals surface area (Å²) in [6.45, 7) is 20.7. The highest BCUT2D eigenvalue weighted by atomic mass is 19.4. The topological polar surface area (TPSA) is 150 Å². The second-order valence-corrected chi connectivity index (χ2v) is 20.8. The van der Waals surface area contributed by atoms with E-state index < -0.39 is 21.8 Å². The molecule has 6 aromatic rings. The molecule has 6 aromatic carbocycles. The van der Waals surface area contributed by atoms with Crippen molar-refractivity contribution >= 4 is 78.1 Å². The molecule has 0 saturated heterocycles. The van der Waals surface area contributed by atoms with Gasteiger partial charge in [0.15, 0.2) is 5.78 Å². The minimum Gasteiger partial charge on any atom is -1.00 e. The molecular formula is C66H73B3F4N4O7. The molecule has 0 aromatic heterocycles. The van der Waals surface area contributed by atoms with E-state index in [4.69, 9.17) is 4.42 Å². The molecule has 1 amide bonds. The van der Waals surface area contributed by atoms with Gasteiger partial charge in [-0.05, 0) is 143 Å². The first-order valence-corrected chi connectivity index (χ1v) is 28.2. The Kier molecular flexibility index (Phi) is 24.8. The van der Waals surface area contributed by atoms with E-state index in [0.717, 1.165) is 102 Å². The largest absolute Gasteiger partial charge is 1.00 e. The molecule has 436 valence electrons. The highest BCUT2D eigenvalue weighted by Gasteiger charge is 2.24. The normalized spacial score (nSPS) is 11.2. The van der Waals surface area contributed by atoms with Crippen LogP contribution in [0, 0.1) is 0 Å². The maximum absolute atomic E-state index is 12.7. The molecule has 1 heterocycles. The van der Waals surface area contributed by atoms with Crippen LogP contribution in [0.15, 0.2) is 174 Å². The first-order chi connectivity index (χ1) is 40.0. The van der Waals surface area contributed by atoms with Crippen LogP contribution in [-0.2, 0) is 35.8 Å². The fraction of sp³-hybridized carbons (Fsp3) is 0.258. The van der Waals surface area contributed by atoms with Crippen molar-refractivity contribution in [1.82, 2.24) is 19.7 Å². The van der Waals surface area contributed by atoms with Gasteiger partial charge < -0.3 is 34.5 Å². The number of amides is 1. The summed E-state index contributed by atoms with van der Waals surface area (Å²) >= 11 is 0. The lowest BCUT2D eigenvalue weighted by molar-refractivity contribution is -0.117. The van der Waals surface area contributed by atoms with Gasteiger partial charge in [-0.15, -0.1) is 0 Å². The average molecular weight is 1140 g/mol. The molecule has 0 radical (unpaired) electrons. The number of fused-ring (bicyclic) bond motifs is 3. The molecule has 1 aliphatic heterocycles. The smallest absolute Gasteiger partial charge is 0.762 e. The minimum atomic E-state index is -3.67. The maximum Gasteiger partial charge on any atom is 0.762 e. The van der Waals surface area contributed by atoms with Gasteiger partial charge in [-0.25, -0.2) is 4.58 Å². The van der Waals surface area contributed by atoms with E-state index in [0.29, 0.717) is 87.1 Å². The Morgan fingerprint density at radius 1 is 0.607 bits per heavy atom. The van der Waals surface area contributed by atoms with Crippen LogP contribution in [0.25, 0.3) is 56.3 Å². The Hall–Kier alpha value is -7.70. The van der Waals surface area contributed by atoms with E-state index in [2.05, 4.69) is 138 Å². The van der Waals surface area contributed by atoms with E-state index in [1.807, 2.05) is 48.5 Å². The third-order valence-electron chi connectivity index (χ3n) is 14.8. The summed E-state index contributed by atoms with van der Waals surface area (Å²) in [4.78, 5) is 29.9. The molecule has 0 unspecified atom stereocenters. The number of carbonyl (C=O) groups excluding carboxylic acids is 2. The van der Waals surface area contributed by atoms with Gasteiger partial charge in [0.1, 0.15) is 24.6 Å². The highest BCUT2D eigenvalue weighted by molar-refractivity contribution is 6.59. The molecule has 18 heteroatoms. The molecule has 0 spiro atoms. The quantitative estimate of drug-likeness (QED) is 0.00967. The molecule has 0 bridgehead atoms. The Morgan fingerprint density at radius 3 is 1.70 bits per heavy atom. The number of benzene rings is 7. The number of hydrogen-bond donors (Lipinski definition) is 5. The van der Waals surface area contributed by atoms with Crippen LogP contribution < -0.4 is 30.9 Å². The van der Waals surface area contributed by atoms with E-state index in [1.165, 1.54) is 0 Å². The zero-order valence-electron chi connectivity index (χ0n) is 48.2. The number of hydrogen-bond acceptors (Lipinski definition) is 9. The average Bonchev–Trinajstić information content (AvgIpc) is 2.52. The van der Waals surface area contributed by atoms with Crippen LogP contribution in [0.2, 0.25) is 0 Å². The lowest BCUT2D eigenvalue weighted by atomic mass is 9.77. The van der Waals surface area contributed by atoms with Gasteiger partial charge >= 0.3 is 21.8 Å². The summed E-state index contributed by atoms with van der Waals surface area (Å²) in [7, 11) is -6.97. The third-order valence-corrected chi connectivity index (χ3v) is 14.8. The third kappa shape index (κ3) is 17.7. The second kappa shape index (κ2) is 31.8. The first-order valence-electron chi connectivity index (χ1n) is 28.2. The Morgan fingerprint density at radius 2 is 1.14 bits per heavy atom. The van der Waals surface area contributed by atoms with Crippen molar-refractivity contribution in [2.24, 2.45) is 0 Å². The monoisotopic (exact) mass is 1140 g/mol. The number of halogens is 4. The summed E-state index contributed by atoms with van der Waals surface area (Å²) in [6, 6.07) is 48.6. The lowest BCUT2D eigenvalue weighted by Crippen LogP contribution is -3.00. The number of Topliss-reactive ketones (excluding diaryl/α,β-unsaturated/α-hetero) is 1. The van der Waals surface area contributed by atoms with Crippen molar-refractivity contribution in [2.75, 3.05) is 32.7 Å². The number of ketones is 1. The predicted octanol–water partition coefficient (Wildman–Crippen LogP) is 6.99. The van der Waals surface area contributed by atoms with Gasteiger partial charge in [-0.2, -0.15) is 0 Å². The molecular weight excluding hydrogens is 1070 g/mol. The van der Waals surface area contributed by atoms with E-state index in [1.54, 1.807) is 32.0 Å².